The lowest BCUT2D eigenvalue weighted by Crippen LogP contribution is -2.45. The zero-order valence-electron chi connectivity index (χ0n) is 13.4. The Bertz CT molecular complexity index is 563. The van der Waals surface area contributed by atoms with Crippen molar-refractivity contribution in [3.8, 4) is 0 Å². The van der Waals surface area contributed by atoms with Crippen LogP contribution in [0, 0.1) is 5.92 Å². The standard InChI is InChI=1S/C17H23N3O3/c1-2-20-11-13(10-15(20)21)17(22)19-14-4-3-9-23-16(14)12-5-7-18-8-6-12/h5-8,13-14,16H,2-4,9-11H2,1H3,(H,19,22)/t13?,14-,16+/m0/s1. The van der Waals surface area contributed by atoms with E-state index in [9.17, 15) is 9.59 Å². The SMILES string of the molecule is CCN1CC(C(=O)N[C@H]2CCCO[C@@H]2c2ccncc2)CC1=O. The summed E-state index contributed by atoms with van der Waals surface area (Å²) in [5.41, 5.74) is 1.03. The molecule has 3 rings (SSSR count). The van der Waals surface area contributed by atoms with Crippen LogP contribution in [0.15, 0.2) is 24.5 Å². The molecular formula is C17H23N3O3. The molecule has 3 atom stereocenters. The van der Waals surface area contributed by atoms with Gasteiger partial charge in [0.25, 0.3) is 0 Å². The summed E-state index contributed by atoms with van der Waals surface area (Å²) in [7, 11) is 0. The van der Waals surface area contributed by atoms with E-state index in [0.717, 1.165) is 18.4 Å². The Kier molecular flexibility index (Phi) is 4.91. The van der Waals surface area contributed by atoms with Crippen LogP contribution in [-0.4, -0.2) is 47.4 Å². The van der Waals surface area contributed by atoms with Crippen LogP contribution in [0.1, 0.15) is 37.9 Å². The number of ether oxygens (including phenoxy) is 1. The highest BCUT2D eigenvalue weighted by atomic mass is 16.5. The van der Waals surface area contributed by atoms with Crippen molar-refractivity contribution in [3.63, 3.8) is 0 Å². The normalized spacial score (nSPS) is 28.0. The van der Waals surface area contributed by atoms with E-state index in [1.807, 2.05) is 19.1 Å². The fourth-order valence-electron chi connectivity index (χ4n) is 3.36. The van der Waals surface area contributed by atoms with E-state index < -0.39 is 0 Å². The van der Waals surface area contributed by atoms with Gasteiger partial charge in [-0.2, -0.15) is 0 Å². The molecule has 0 bridgehead atoms. The average Bonchev–Trinajstić information content (AvgIpc) is 2.97. The molecule has 0 aromatic carbocycles. The predicted molar refractivity (Wildman–Crippen MR) is 84.5 cm³/mol. The van der Waals surface area contributed by atoms with Gasteiger partial charge < -0.3 is 15.0 Å². The number of aromatic nitrogens is 1. The molecule has 2 fully saturated rings. The molecular weight excluding hydrogens is 294 g/mol. The summed E-state index contributed by atoms with van der Waals surface area (Å²) in [6.45, 7) is 3.82. The number of pyridine rings is 1. The molecule has 2 aliphatic rings. The van der Waals surface area contributed by atoms with Gasteiger partial charge in [-0.3, -0.25) is 14.6 Å². The van der Waals surface area contributed by atoms with E-state index >= 15 is 0 Å². The van der Waals surface area contributed by atoms with Crippen LogP contribution in [0.2, 0.25) is 0 Å². The van der Waals surface area contributed by atoms with Crippen LogP contribution in [0.25, 0.3) is 0 Å². The maximum absolute atomic E-state index is 12.5. The summed E-state index contributed by atoms with van der Waals surface area (Å²) in [5, 5.41) is 3.11. The molecule has 0 saturated carbocycles. The van der Waals surface area contributed by atoms with E-state index in [1.54, 1.807) is 17.3 Å². The van der Waals surface area contributed by atoms with Gasteiger partial charge in [-0.05, 0) is 37.5 Å². The third kappa shape index (κ3) is 3.52. The van der Waals surface area contributed by atoms with Gasteiger partial charge in [-0.25, -0.2) is 0 Å². The van der Waals surface area contributed by atoms with Crippen LogP contribution in [0.4, 0.5) is 0 Å². The van der Waals surface area contributed by atoms with Crippen molar-refractivity contribution in [1.82, 2.24) is 15.2 Å². The van der Waals surface area contributed by atoms with Gasteiger partial charge in [0, 0.05) is 38.5 Å². The fourth-order valence-corrected chi connectivity index (χ4v) is 3.36. The minimum Gasteiger partial charge on any atom is -0.371 e. The second-order valence-electron chi connectivity index (χ2n) is 6.16. The lowest BCUT2D eigenvalue weighted by Gasteiger charge is -2.33. The number of nitrogens with one attached hydrogen (secondary N) is 1. The van der Waals surface area contributed by atoms with E-state index in [0.29, 0.717) is 26.1 Å². The van der Waals surface area contributed by atoms with Gasteiger partial charge in [0.15, 0.2) is 0 Å². The smallest absolute Gasteiger partial charge is 0.225 e. The molecule has 2 aliphatic heterocycles. The maximum atomic E-state index is 12.5. The number of amides is 2. The molecule has 1 aromatic rings. The molecule has 3 heterocycles. The van der Waals surface area contributed by atoms with Gasteiger partial charge in [0.1, 0.15) is 6.10 Å². The van der Waals surface area contributed by atoms with Gasteiger partial charge in [-0.1, -0.05) is 0 Å². The minimum atomic E-state index is -0.248. The van der Waals surface area contributed by atoms with Crippen molar-refractivity contribution in [1.29, 1.82) is 0 Å². The van der Waals surface area contributed by atoms with E-state index in [-0.39, 0.29) is 29.9 Å². The largest absolute Gasteiger partial charge is 0.371 e. The molecule has 0 radical (unpaired) electrons. The first-order valence-electron chi connectivity index (χ1n) is 8.28. The Morgan fingerprint density at radius 1 is 1.43 bits per heavy atom. The topological polar surface area (TPSA) is 71.5 Å². The fraction of sp³-hybridized carbons (Fsp3) is 0.588. The van der Waals surface area contributed by atoms with Crippen LogP contribution < -0.4 is 5.32 Å². The first kappa shape index (κ1) is 15.9. The second-order valence-corrected chi connectivity index (χ2v) is 6.16. The molecule has 2 amide bonds. The zero-order chi connectivity index (χ0) is 16.2. The molecule has 1 aromatic heterocycles. The number of hydrogen-bond donors (Lipinski definition) is 1. The van der Waals surface area contributed by atoms with Crippen molar-refractivity contribution >= 4 is 11.8 Å². The third-order valence-electron chi connectivity index (χ3n) is 4.65. The Morgan fingerprint density at radius 2 is 2.22 bits per heavy atom. The Hall–Kier alpha value is -1.95. The molecule has 0 spiro atoms. The Balaban J connectivity index is 1.65. The van der Waals surface area contributed by atoms with E-state index in [2.05, 4.69) is 10.3 Å². The summed E-state index contributed by atoms with van der Waals surface area (Å²) in [6.07, 6.45) is 5.46. The average molecular weight is 317 g/mol. The number of hydrogen-bond acceptors (Lipinski definition) is 4. The number of likely N-dealkylation sites (tertiary alicyclic amines) is 1. The third-order valence-corrected chi connectivity index (χ3v) is 4.65. The monoisotopic (exact) mass is 317 g/mol. The molecule has 124 valence electrons. The summed E-state index contributed by atoms with van der Waals surface area (Å²) in [5.74, 6) is -0.218. The Labute approximate surface area is 136 Å². The van der Waals surface area contributed by atoms with Crippen molar-refractivity contribution < 1.29 is 14.3 Å². The quantitative estimate of drug-likeness (QED) is 0.908. The van der Waals surface area contributed by atoms with Gasteiger partial charge >= 0.3 is 0 Å². The molecule has 2 saturated heterocycles. The Morgan fingerprint density at radius 3 is 2.91 bits per heavy atom. The van der Waals surface area contributed by atoms with Crippen LogP contribution in [0.5, 0.6) is 0 Å². The van der Waals surface area contributed by atoms with Gasteiger partial charge in [0.2, 0.25) is 11.8 Å². The zero-order valence-corrected chi connectivity index (χ0v) is 13.4. The lowest BCUT2D eigenvalue weighted by molar-refractivity contribution is -0.130. The van der Waals surface area contributed by atoms with Crippen molar-refractivity contribution in [2.24, 2.45) is 5.92 Å². The molecule has 6 heteroatoms. The number of rotatable bonds is 4. The van der Waals surface area contributed by atoms with Crippen LogP contribution in [0.3, 0.4) is 0 Å². The second kappa shape index (κ2) is 7.08. The van der Waals surface area contributed by atoms with Crippen molar-refractivity contribution in [3.05, 3.63) is 30.1 Å². The highest BCUT2D eigenvalue weighted by molar-refractivity contribution is 5.89. The van der Waals surface area contributed by atoms with Crippen molar-refractivity contribution in [2.75, 3.05) is 19.7 Å². The highest BCUT2D eigenvalue weighted by Gasteiger charge is 2.36. The minimum absolute atomic E-state index is 0.0381. The molecule has 0 aliphatic carbocycles. The summed E-state index contributed by atoms with van der Waals surface area (Å²) in [6, 6.07) is 3.80. The lowest BCUT2D eigenvalue weighted by atomic mass is 9.95. The summed E-state index contributed by atoms with van der Waals surface area (Å²) >= 11 is 0. The number of carbonyl (C=O) groups is 2. The van der Waals surface area contributed by atoms with Gasteiger partial charge in [0.05, 0.1) is 12.0 Å². The van der Waals surface area contributed by atoms with Crippen molar-refractivity contribution in [2.45, 2.75) is 38.3 Å². The van der Waals surface area contributed by atoms with Gasteiger partial charge in [-0.15, -0.1) is 0 Å². The first-order valence-corrected chi connectivity index (χ1v) is 8.28. The van der Waals surface area contributed by atoms with Crippen LogP contribution in [-0.2, 0) is 14.3 Å². The maximum Gasteiger partial charge on any atom is 0.225 e. The predicted octanol–water partition coefficient (Wildman–Crippen LogP) is 1.29. The van der Waals surface area contributed by atoms with E-state index in [4.69, 9.17) is 4.74 Å². The molecule has 23 heavy (non-hydrogen) atoms. The highest BCUT2D eigenvalue weighted by Crippen LogP contribution is 2.29. The number of carbonyl (C=O) groups excluding carboxylic acids is 2. The number of nitrogens with zero attached hydrogens (tertiary/aromatic N) is 2. The molecule has 1 N–H and O–H groups in total. The summed E-state index contributed by atoms with van der Waals surface area (Å²) < 4.78 is 5.88. The first-order chi connectivity index (χ1) is 11.2. The van der Waals surface area contributed by atoms with Crippen LogP contribution >= 0.6 is 0 Å². The summed E-state index contributed by atoms with van der Waals surface area (Å²) in [4.78, 5) is 30.1. The van der Waals surface area contributed by atoms with E-state index in [1.165, 1.54) is 0 Å². The molecule has 1 unspecified atom stereocenters. The molecule has 6 nitrogen and oxygen atoms in total.